The van der Waals surface area contributed by atoms with Gasteiger partial charge in [-0.3, -0.25) is 14.4 Å². The normalized spacial score (nSPS) is 35.8. The highest BCUT2D eigenvalue weighted by molar-refractivity contribution is 6.01. The van der Waals surface area contributed by atoms with Crippen LogP contribution in [0.3, 0.4) is 0 Å². The van der Waals surface area contributed by atoms with Crippen molar-refractivity contribution in [1.82, 2.24) is 9.47 Å². The summed E-state index contributed by atoms with van der Waals surface area (Å²) in [6.45, 7) is 11.1. The number of aryl methyl sites for hydroxylation is 1. The number of hydrogen-bond acceptors (Lipinski definition) is 10. The number of benzene rings is 1. The first-order valence-corrected chi connectivity index (χ1v) is 18.5. The van der Waals surface area contributed by atoms with Gasteiger partial charge in [-0.2, -0.15) is 0 Å². The van der Waals surface area contributed by atoms with Gasteiger partial charge in [0.25, 0.3) is 0 Å². The van der Waals surface area contributed by atoms with Gasteiger partial charge in [-0.05, 0) is 88.6 Å². The van der Waals surface area contributed by atoms with Crippen LogP contribution in [0.4, 0.5) is 5.69 Å². The molecule has 6 aliphatic rings. The number of anilines is 1. The molecule has 0 radical (unpaired) electrons. The van der Waals surface area contributed by atoms with Crippen LogP contribution in [0.15, 0.2) is 40.9 Å². The molecule has 0 bridgehead atoms. The quantitative estimate of drug-likeness (QED) is 0.444. The molecule has 1 aromatic carbocycles. The Kier molecular flexibility index (Phi) is 7.98. The molecule has 4 aliphatic carbocycles. The third kappa shape index (κ3) is 4.94. The minimum atomic E-state index is -1.80. The Morgan fingerprint density at radius 2 is 1.86 bits per heavy atom. The lowest BCUT2D eigenvalue weighted by atomic mass is 9.46. The fraction of sp³-hybridized carbons (Fsp3) is 0.600. The minimum absolute atomic E-state index is 0.0315. The number of carbonyl (C=O) groups is 3. The number of aliphatic hydroxyl groups excluding tert-OH is 1. The van der Waals surface area contributed by atoms with Gasteiger partial charge in [-0.15, -0.1) is 0 Å². The van der Waals surface area contributed by atoms with Crippen LogP contribution in [0.5, 0.6) is 5.75 Å². The number of pyridine rings is 1. The summed E-state index contributed by atoms with van der Waals surface area (Å²) in [5, 5.41) is 24.2. The lowest BCUT2D eigenvalue weighted by Crippen LogP contribution is -2.61. The number of rotatable bonds is 5. The second-order valence-electron chi connectivity index (χ2n) is 16.6. The Morgan fingerprint density at radius 1 is 1.12 bits per heavy atom. The Morgan fingerprint density at radius 3 is 2.61 bits per heavy atom. The molecular weight excluding hydrogens is 650 g/mol. The molecule has 0 amide bonds. The average molecular weight is 700 g/mol. The van der Waals surface area contributed by atoms with Crippen LogP contribution in [-0.2, 0) is 14.3 Å². The van der Waals surface area contributed by atoms with E-state index in [2.05, 4.69) is 23.8 Å². The van der Waals surface area contributed by atoms with Crippen LogP contribution in [0.2, 0.25) is 0 Å². The zero-order chi connectivity index (χ0) is 36.2. The summed E-state index contributed by atoms with van der Waals surface area (Å²) in [4.78, 5) is 58.3. The van der Waals surface area contributed by atoms with E-state index in [1.165, 1.54) is 6.20 Å². The van der Waals surface area contributed by atoms with Gasteiger partial charge in [0, 0.05) is 49.1 Å². The standard InChI is InChI=1S/C40H49N3O8/c1-22-16-27-34-36(33(22)42-14-12-41(5)13-15-42)50-20-23(2)43(34)19-28(35(27)47)37(48)51-21-31(46)40(49)11-9-29-26-7-6-24-17-25(44)8-10-38(24,3)32(26)30(45)18-39(29,40)4/h8,10,16-17,19,23,26,29-30,32,45,49H,6-7,9,11-15,18,20-21H2,1-5H3/t23-,26?,29?,30?,32?,38-,39-,40-/m0/s1. The van der Waals surface area contributed by atoms with Crippen molar-refractivity contribution in [2.24, 2.45) is 28.6 Å². The molecular formula is C40H49N3O8. The number of aromatic nitrogens is 1. The van der Waals surface area contributed by atoms with E-state index in [4.69, 9.17) is 9.47 Å². The van der Waals surface area contributed by atoms with Crippen LogP contribution in [0.1, 0.15) is 74.8 Å². The second kappa shape index (κ2) is 11.9. The monoisotopic (exact) mass is 699 g/mol. The van der Waals surface area contributed by atoms with E-state index in [1.54, 1.807) is 12.2 Å². The first kappa shape index (κ1) is 34.3. The van der Waals surface area contributed by atoms with E-state index >= 15 is 0 Å². The Labute approximate surface area is 297 Å². The van der Waals surface area contributed by atoms with Crippen LogP contribution in [-0.4, -0.2) is 95.4 Å². The maximum Gasteiger partial charge on any atom is 0.344 e. The number of esters is 1. The summed E-state index contributed by atoms with van der Waals surface area (Å²) in [6.07, 6.45) is 8.46. The molecule has 0 spiro atoms. The van der Waals surface area contributed by atoms with Crippen LogP contribution in [0, 0.1) is 35.5 Å². The van der Waals surface area contributed by atoms with E-state index < -0.39 is 46.3 Å². The number of likely N-dealkylation sites (N-methyl/N-ethyl adjacent to an activating group) is 1. The molecule has 4 unspecified atom stereocenters. The average Bonchev–Trinajstić information content (AvgIpc) is 3.36. The molecule has 1 saturated heterocycles. The number of Topliss-reactive ketones (excluding diaryl/α,β-unsaturated/α-hetero) is 1. The van der Waals surface area contributed by atoms with E-state index in [0.717, 1.165) is 55.8 Å². The SMILES string of the molecule is Cc1cc2c(=O)c(C(=O)OCC(=O)[C@@]3(O)CCC4C5CCC6=CC(=O)C=C[C@]6(C)C5C(O)C[C@@]43C)cn3c2c(c1N1CCN(C)CC1)OC[C@@H]3C. The number of ketones is 2. The smallest absolute Gasteiger partial charge is 0.344 e. The third-order valence-electron chi connectivity index (χ3n) is 13.9. The van der Waals surface area contributed by atoms with Gasteiger partial charge in [-0.1, -0.05) is 25.5 Å². The number of piperazine rings is 1. The summed E-state index contributed by atoms with van der Waals surface area (Å²) >= 11 is 0. The summed E-state index contributed by atoms with van der Waals surface area (Å²) < 4.78 is 13.8. The van der Waals surface area contributed by atoms with Crippen molar-refractivity contribution in [2.45, 2.75) is 77.5 Å². The lowest BCUT2D eigenvalue weighted by Gasteiger charge is -2.59. The second-order valence-corrected chi connectivity index (χ2v) is 16.6. The van der Waals surface area contributed by atoms with Gasteiger partial charge in [-0.25, -0.2) is 4.79 Å². The van der Waals surface area contributed by atoms with Crippen molar-refractivity contribution < 1.29 is 34.1 Å². The fourth-order valence-electron chi connectivity index (χ4n) is 11.1. The van der Waals surface area contributed by atoms with Crippen molar-refractivity contribution in [3.05, 3.63) is 57.4 Å². The number of carbonyl (C=O) groups excluding carboxylic acids is 3. The molecule has 3 saturated carbocycles. The van der Waals surface area contributed by atoms with Gasteiger partial charge >= 0.3 is 5.97 Å². The van der Waals surface area contributed by atoms with Crippen molar-refractivity contribution in [1.29, 1.82) is 0 Å². The lowest BCUT2D eigenvalue weighted by molar-refractivity contribution is -0.178. The molecule has 2 aliphatic heterocycles. The molecule has 4 fully saturated rings. The Hall–Kier alpha value is -3.80. The van der Waals surface area contributed by atoms with E-state index in [1.807, 2.05) is 37.5 Å². The Balaban J connectivity index is 1.04. The first-order chi connectivity index (χ1) is 24.2. The van der Waals surface area contributed by atoms with Gasteiger partial charge < -0.3 is 34.1 Å². The summed E-state index contributed by atoms with van der Waals surface area (Å²) in [7, 11) is 2.10. The summed E-state index contributed by atoms with van der Waals surface area (Å²) in [5.74, 6) is -1.02. The zero-order valence-electron chi connectivity index (χ0n) is 30.2. The first-order valence-electron chi connectivity index (χ1n) is 18.5. The number of fused-ring (bicyclic) bond motifs is 5. The van der Waals surface area contributed by atoms with E-state index in [0.29, 0.717) is 29.7 Å². The van der Waals surface area contributed by atoms with Crippen molar-refractivity contribution in [2.75, 3.05) is 51.3 Å². The molecule has 51 heavy (non-hydrogen) atoms. The highest BCUT2D eigenvalue weighted by Crippen LogP contribution is 2.67. The predicted molar refractivity (Wildman–Crippen MR) is 191 cm³/mol. The zero-order valence-corrected chi connectivity index (χ0v) is 30.2. The van der Waals surface area contributed by atoms with Gasteiger partial charge in [0.1, 0.15) is 17.8 Å². The molecule has 11 nitrogen and oxygen atoms in total. The molecule has 1 aromatic heterocycles. The van der Waals surface area contributed by atoms with Crippen LogP contribution >= 0.6 is 0 Å². The number of aliphatic hydroxyl groups is 2. The highest BCUT2D eigenvalue weighted by Gasteiger charge is 2.68. The minimum Gasteiger partial charge on any atom is -0.487 e. The molecule has 11 heteroatoms. The number of ether oxygens (including phenoxy) is 2. The third-order valence-corrected chi connectivity index (χ3v) is 13.9. The maximum absolute atomic E-state index is 14.0. The molecule has 8 rings (SSSR count). The molecule has 2 aromatic rings. The van der Waals surface area contributed by atoms with E-state index in [9.17, 15) is 29.4 Å². The Bertz CT molecular complexity index is 1980. The van der Waals surface area contributed by atoms with Crippen LogP contribution < -0.4 is 15.1 Å². The highest BCUT2D eigenvalue weighted by atomic mass is 16.5. The summed E-state index contributed by atoms with van der Waals surface area (Å²) in [5.41, 5.74) is -0.309. The topological polar surface area (TPSA) is 139 Å². The molecule has 3 heterocycles. The van der Waals surface area contributed by atoms with Gasteiger partial charge in [0.2, 0.25) is 11.2 Å². The van der Waals surface area contributed by atoms with E-state index in [-0.39, 0.29) is 48.0 Å². The fourth-order valence-corrected chi connectivity index (χ4v) is 11.1. The molecule has 272 valence electrons. The van der Waals surface area contributed by atoms with Crippen molar-refractivity contribution in [3.63, 3.8) is 0 Å². The number of allylic oxidation sites excluding steroid dienone is 4. The van der Waals surface area contributed by atoms with Crippen molar-refractivity contribution >= 4 is 34.1 Å². The maximum atomic E-state index is 14.0. The largest absolute Gasteiger partial charge is 0.487 e. The van der Waals surface area contributed by atoms with Crippen molar-refractivity contribution in [3.8, 4) is 5.75 Å². The van der Waals surface area contributed by atoms with Gasteiger partial charge in [0.05, 0.1) is 28.7 Å². The summed E-state index contributed by atoms with van der Waals surface area (Å²) in [6, 6.07) is 1.66. The number of nitrogens with zero attached hydrogens (tertiary/aromatic N) is 3. The predicted octanol–water partition coefficient (Wildman–Crippen LogP) is 3.75. The van der Waals surface area contributed by atoms with Crippen LogP contribution in [0.25, 0.3) is 10.9 Å². The number of hydrogen-bond donors (Lipinski definition) is 2. The molecule has 8 atom stereocenters. The van der Waals surface area contributed by atoms with Gasteiger partial charge in [0.15, 0.2) is 18.1 Å². The molecule has 2 N–H and O–H groups in total.